The number of aromatic nitrogens is 6. The highest BCUT2D eigenvalue weighted by Gasteiger charge is 2.24. The predicted molar refractivity (Wildman–Crippen MR) is 118 cm³/mol. The van der Waals surface area contributed by atoms with E-state index >= 15 is 0 Å². The molecule has 0 saturated heterocycles. The van der Waals surface area contributed by atoms with Gasteiger partial charge in [-0.1, -0.05) is 11.6 Å². The summed E-state index contributed by atoms with van der Waals surface area (Å²) >= 11 is 6.24. The van der Waals surface area contributed by atoms with Gasteiger partial charge in [-0.2, -0.15) is 15.0 Å². The van der Waals surface area contributed by atoms with Crippen LogP contribution in [-0.2, 0) is 9.53 Å². The van der Waals surface area contributed by atoms with Crippen LogP contribution in [0.5, 0.6) is 5.88 Å². The van der Waals surface area contributed by atoms with Crippen molar-refractivity contribution < 1.29 is 14.3 Å². The van der Waals surface area contributed by atoms with E-state index < -0.39 is 12.0 Å². The Hall–Kier alpha value is -4.14. The quantitative estimate of drug-likeness (QED) is 0.416. The molecule has 0 spiro atoms. The summed E-state index contributed by atoms with van der Waals surface area (Å²) < 4.78 is 12.8. The molecule has 1 N–H and O–H groups in total. The minimum atomic E-state index is -1.04. The Kier molecular flexibility index (Phi) is 6.68. The monoisotopic (exact) mass is 464 g/mol. The molecule has 166 valence electrons. The van der Waals surface area contributed by atoms with Crippen molar-refractivity contribution in [2.75, 3.05) is 18.5 Å². The number of anilines is 1. The molecule has 33 heavy (non-hydrogen) atoms. The Balaban J connectivity index is 1.61. The Morgan fingerprint density at radius 3 is 2.85 bits per heavy atom. The van der Waals surface area contributed by atoms with Crippen LogP contribution < -0.4 is 10.1 Å². The van der Waals surface area contributed by atoms with Crippen LogP contribution in [0.1, 0.15) is 12.5 Å². The maximum absolute atomic E-state index is 12.9. The van der Waals surface area contributed by atoms with Gasteiger partial charge in [0.15, 0.2) is 11.5 Å². The van der Waals surface area contributed by atoms with E-state index in [4.69, 9.17) is 26.3 Å². The summed E-state index contributed by atoms with van der Waals surface area (Å²) in [6.07, 6.45) is 4.71. The molecule has 0 aromatic carbocycles. The number of amides is 1. The lowest BCUT2D eigenvalue weighted by molar-refractivity contribution is -0.125. The third-order valence-electron chi connectivity index (χ3n) is 4.43. The van der Waals surface area contributed by atoms with Gasteiger partial charge in [-0.05, 0) is 31.2 Å². The topological polar surface area (TPSA) is 141 Å². The highest BCUT2D eigenvalue weighted by Crippen LogP contribution is 2.26. The third-order valence-corrected chi connectivity index (χ3v) is 4.73. The van der Waals surface area contributed by atoms with Crippen molar-refractivity contribution in [2.24, 2.45) is 0 Å². The second kappa shape index (κ2) is 9.99. The van der Waals surface area contributed by atoms with Crippen molar-refractivity contribution in [3.63, 3.8) is 0 Å². The lowest BCUT2D eigenvalue weighted by Gasteiger charge is -2.18. The van der Waals surface area contributed by atoms with E-state index in [0.717, 1.165) is 0 Å². The third kappa shape index (κ3) is 4.87. The van der Waals surface area contributed by atoms with Crippen LogP contribution in [0, 0.1) is 11.3 Å². The summed E-state index contributed by atoms with van der Waals surface area (Å²) in [5, 5.41) is 16.7. The fourth-order valence-corrected chi connectivity index (χ4v) is 3.07. The molecule has 0 aliphatic carbocycles. The molecular weight excluding hydrogens is 448 g/mol. The number of carbonyl (C=O) groups excluding carboxylic acids is 1. The van der Waals surface area contributed by atoms with Gasteiger partial charge < -0.3 is 14.8 Å². The number of hydrogen-bond donors (Lipinski definition) is 1. The number of halogens is 1. The molecule has 4 heterocycles. The van der Waals surface area contributed by atoms with Crippen molar-refractivity contribution >= 4 is 34.4 Å². The Bertz CT molecular complexity index is 1320. The van der Waals surface area contributed by atoms with E-state index in [2.05, 4.69) is 30.4 Å². The first kappa shape index (κ1) is 22.1. The molecule has 0 radical (unpaired) electrons. The average Bonchev–Trinajstić information content (AvgIpc) is 3.27. The second-order valence-electron chi connectivity index (χ2n) is 6.58. The van der Waals surface area contributed by atoms with Gasteiger partial charge in [0.1, 0.15) is 23.6 Å². The molecule has 0 fully saturated rings. The van der Waals surface area contributed by atoms with Crippen molar-refractivity contribution in [2.45, 2.75) is 13.0 Å². The molecule has 1 amide bonds. The van der Waals surface area contributed by atoms with E-state index in [1.165, 1.54) is 29.5 Å². The van der Waals surface area contributed by atoms with Crippen LogP contribution in [0.3, 0.4) is 0 Å². The first-order valence-electron chi connectivity index (χ1n) is 9.81. The number of nitrogens with zero attached hydrogens (tertiary/aromatic N) is 7. The fraction of sp³-hybridized carbons (Fsp3) is 0.190. The lowest BCUT2D eigenvalue weighted by atomic mass is 10.3. The fourth-order valence-electron chi connectivity index (χ4n) is 2.87. The summed E-state index contributed by atoms with van der Waals surface area (Å²) in [4.78, 5) is 29.6. The number of nitrogens with one attached hydrogen (secondary N) is 1. The van der Waals surface area contributed by atoms with Crippen LogP contribution in [0.15, 0.2) is 49.2 Å². The van der Waals surface area contributed by atoms with Crippen LogP contribution in [0.2, 0.25) is 5.02 Å². The number of carbonyl (C=O) groups is 1. The van der Waals surface area contributed by atoms with Gasteiger partial charge in [-0.25, -0.2) is 19.9 Å². The average molecular weight is 465 g/mol. The zero-order valence-electron chi connectivity index (χ0n) is 17.3. The summed E-state index contributed by atoms with van der Waals surface area (Å²) in [7, 11) is 0. The Morgan fingerprint density at radius 1 is 1.24 bits per heavy atom. The van der Waals surface area contributed by atoms with Gasteiger partial charge in [0.2, 0.25) is 12.0 Å². The highest BCUT2D eigenvalue weighted by atomic mass is 35.5. The summed E-state index contributed by atoms with van der Waals surface area (Å²) in [5.74, 6) is 0.322. The second-order valence-corrected chi connectivity index (χ2v) is 6.99. The predicted octanol–water partition coefficient (Wildman–Crippen LogP) is 2.55. The number of ether oxygens (including phenoxy) is 2. The van der Waals surface area contributed by atoms with Crippen molar-refractivity contribution in [1.29, 1.82) is 5.26 Å². The molecule has 1 unspecified atom stereocenters. The van der Waals surface area contributed by atoms with Crippen molar-refractivity contribution in [3.05, 3.63) is 59.8 Å². The maximum Gasteiger partial charge on any atom is 0.269 e. The van der Waals surface area contributed by atoms with E-state index in [-0.39, 0.29) is 18.3 Å². The lowest BCUT2D eigenvalue weighted by Crippen LogP contribution is -2.37. The van der Waals surface area contributed by atoms with Crippen LogP contribution >= 0.6 is 11.6 Å². The molecule has 12 heteroatoms. The minimum absolute atomic E-state index is 0.0235. The van der Waals surface area contributed by atoms with Gasteiger partial charge in [-0.3, -0.25) is 4.79 Å². The zero-order chi connectivity index (χ0) is 23.2. The Morgan fingerprint density at radius 2 is 2.12 bits per heavy atom. The largest absolute Gasteiger partial charge is 0.461 e. The molecule has 0 saturated carbocycles. The van der Waals surface area contributed by atoms with Crippen molar-refractivity contribution in [1.82, 2.24) is 29.7 Å². The Labute approximate surface area is 193 Å². The molecule has 0 bridgehead atoms. The normalized spacial score (nSPS) is 11.7. The zero-order valence-corrected chi connectivity index (χ0v) is 18.1. The van der Waals surface area contributed by atoms with Gasteiger partial charge in [0, 0.05) is 19.0 Å². The molecule has 11 nitrogen and oxygen atoms in total. The number of pyridine rings is 2. The standard InChI is InChI=1S/C21H17ClN8O3/c1-2-32-11-16(20(31)29-17-6-5-13(8-23)9-25-17)33-21-14-10-28-30(18(14)26-12-27-21)19-15(22)4-3-7-24-19/h3-7,9-10,12,16H,2,11H2,1H3,(H,25,29,31). The van der Waals surface area contributed by atoms with Crippen LogP contribution in [0.4, 0.5) is 5.82 Å². The molecular formula is C21H17ClN8O3. The van der Waals surface area contributed by atoms with Gasteiger partial charge in [0.25, 0.3) is 5.91 Å². The van der Waals surface area contributed by atoms with Crippen LogP contribution in [-0.4, -0.2) is 54.9 Å². The molecule has 4 rings (SSSR count). The van der Waals surface area contributed by atoms with Gasteiger partial charge >= 0.3 is 0 Å². The van der Waals surface area contributed by atoms with E-state index in [9.17, 15) is 4.79 Å². The molecule has 4 aromatic rings. The van der Waals surface area contributed by atoms with E-state index in [1.807, 2.05) is 6.07 Å². The summed E-state index contributed by atoms with van der Waals surface area (Å²) in [5.41, 5.74) is 0.786. The van der Waals surface area contributed by atoms with Gasteiger partial charge in [-0.15, -0.1) is 0 Å². The molecule has 1 atom stereocenters. The smallest absolute Gasteiger partial charge is 0.269 e. The molecule has 4 aromatic heterocycles. The molecule has 0 aliphatic heterocycles. The van der Waals surface area contributed by atoms with Gasteiger partial charge in [0.05, 0.1) is 23.4 Å². The first-order chi connectivity index (χ1) is 16.1. The van der Waals surface area contributed by atoms with Crippen molar-refractivity contribution in [3.8, 4) is 17.8 Å². The minimum Gasteiger partial charge on any atom is -0.461 e. The highest BCUT2D eigenvalue weighted by molar-refractivity contribution is 6.32. The SMILES string of the molecule is CCOCC(Oc1ncnc2c1cnn2-c1ncccc1Cl)C(=O)Nc1ccc(C#N)cn1. The maximum atomic E-state index is 12.9. The number of nitriles is 1. The van der Waals surface area contributed by atoms with Crippen LogP contribution in [0.25, 0.3) is 16.9 Å². The van der Waals surface area contributed by atoms with E-state index in [1.54, 1.807) is 31.3 Å². The first-order valence-corrected chi connectivity index (χ1v) is 10.2. The molecule has 0 aliphatic rings. The number of fused-ring (bicyclic) bond motifs is 1. The number of rotatable bonds is 8. The number of hydrogen-bond acceptors (Lipinski definition) is 9. The summed E-state index contributed by atoms with van der Waals surface area (Å²) in [6.45, 7) is 2.17. The van der Waals surface area contributed by atoms with E-state index in [0.29, 0.717) is 34.0 Å². The summed E-state index contributed by atoms with van der Waals surface area (Å²) in [6, 6.07) is 8.44.